The van der Waals surface area contributed by atoms with Crippen molar-refractivity contribution in [1.82, 2.24) is 0 Å². The zero-order chi connectivity index (χ0) is 16.4. The number of carbonyl (C=O) groups excluding carboxylic acids is 2. The second-order valence-corrected chi connectivity index (χ2v) is 6.56. The molecule has 2 heterocycles. The molecule has 0 atom stereocenters. The predicted molar refractivity (Wildman–Crippen MR) is 89.5 cm³/mol. The first-order chi connectivity index (χ1) is 11.1. The van der Waals surface area contributed by atoms with Crippen molar-refractivity contribution in [2.45, 2.75) is 39.0 Å². The van der Waals surface area contributed by atoms with Crippen LogP contribution < -0.4 is 9.80 Å². The minimum Gasteiger partial charge on any atom is -0.396 e. The molecule has 1 aromatic carbocycles. The molecule has 3 rings (SSSR count). The Morgan fingerprint density at radius 1 is 1.13 bits per heavy atom. The Kier molecular flexibility index (Phi) is 4.66. The molecule has 2 amide bonds. The number of nitrogens with zero attached hydrogens (tertiary/aromatic N) is 2. The van der Waals surface area contributed by atoms with E-state index in [-0.39, 0.29) is 18.4 Å². The number of imide groups is 1. The van der Waals surface area contributed by atoms with Crippen LogP contribution in [0.5, 0.6) is 0 Å². The van der Waals surface area contributed by atoms with Gasteiger partial charge < -0.3 is 10.0 Å². The largest absolute Gasteiger partial charge is 0.396 e. The fourth-order valence-electron chi connectivity index (χ4n) is 3.48. The van der Waals surface area contributed by atoms with Crippen LogP contribution in [0.25, 0.3) is 0 Å². The summed E-state index contributed by atoms with van der Waals surface area (Å²) in [7, 11) is 0. The van der Waals surface area contributed by atoms with E-state index in [0.717, 1.165) is 37.2 Å². The number of aliphatic hydroxyl groups excluding tert-OH is 1. The third kappa shape index (κ3) is 3.24. The second-order valence-electron chi connectivity index (χ2n) is 6.56. The molecular formula is C18H24N2O3. The minimum absolute atomic E-state index is 0.0964. The summed E-state index contributed by atoms with van der Waals surface area (Å²) in [5, 5.41) is 9.23. The highest BCUT2D eigenvalue weighted by Crippen LogP contribution is 2.30. The molecule has 2 fully saturated rings. The number of hydrogen-bond donors (Lipinski definition) is 1. The van der Waals surface area contributed by atoms with Crippen LogP contribution in [-0.4, -0.2) is 36.6 Å². The molecule has 5 heteroatoms. The van der Waals surface area contributed by atoms with Gasteiger partial charge in [-0.05, 0) is 55.9 Å². The van der Waals surface area contributed by atoms with Gasteiger partial charge in [-0.1, -0.05) is 0 Å². The van der Waals surface area contributed by atoms with Gasteiger partial charge in [0, 0.05) is 38.2 Å². The van der Waals surface area contributed by atoms with Crippen molar-refractivity contribution in [3.8, 4) is 0 Å². The number of hydrogen-bond acceptors (Lipinski definition) is 4. The van der Waals surface area contributed by atoms with Crippen LogP contribution in [0.3, 0.4) is 0 Å². The summed E-state index contributed by atoms with van der Waals surface area (Å²) in [6, 6.07) is 5.95. The van der Waals surface area contributed by atoms with Gasteiger partial charge in [-0.3, -0.25) is 14.5 Å². The molecule has 0 aromatic heterocycles. The Bertz CT molecular complexity index is 590. The molecule has 1 aromatic rings. The SMILES string of the molecule is Cc1cc(N2CCC(CO)CC2)ccc1N1C(=O)CCCC1=O. The van der Waals surface area contributed by atoms with Gasteiger partial charge in [0.05, 0.1) is 5.69 Å². The first-order valence-electron chi connectivity index (χ1n) is 8.42. The fraction of sp³-hybridized carbons (Fsp3) is 0.556. The van der Waals surface area contributed by atoms with Gasteiger partial charge in [-0.25, -0.2) is 0 Å². The maximum Gasteiger partial charge on any atom is 0.233 e. The lowest BCUT2D eigenvalue weighted by atomic mass is 9.97. The van der Waals surface area contributed by atoms with Gasteiger partial charge in [-0.2, -0.15) is 0 Å². The van der Waals surface area contributed by atoms with Gasteiger partial charge in [0.1, 0.15) is 0 Å². The Labute approximate surface area is 136 Å². The van der Waals surface area contributed by atoms with E-state index in [9.17, 15) is 14.7 Å². The molecule has 0 spiro atoms. The zero-order valence-corrected chi connectivity index (χ0v) is 13.6. The second kappa shape index (κ2) is 6.71. The van der Waals surface area contributed by atoms with Crippen molar-refractivity contribution in [3.63, 3.8) is 0 Å². The van der Waals surface area contributed by atoms with Crippen LogP contribution in [0.15, 0.2) is 18.2 Å². The molecule has 0 saturated carbocycles. The summed E-state index contributed by atoms with van der Waals surface area (Å²) in [5.41, 5.74) is 2.80. The smallest absolute Gasteiger partial charge is 0.233 e. The summed E-state index contributed by atoms with van der Waals surface area (Å²) in [6.07, 6.45) is 3.55. The van der Waals surface area contributed by atoms with E-state index in [1.165, 1.54) is 4.90 Å². The van der Waals surface area contributed by atoms with Crippen LogP contribution in [0, 0.1) is 12.8 Å². The first kappa shape index (κ1) is 16.0. The van der Waals surface area contributed by atoms with Crippen molar-refractivity contribution in [3.05, 3.63) is 23.8 Å². The summed E-state index contributed by atoms with van der Waals surface area (Å²) < 4.78 is 0. The number of rotatable bonds is 3. The monoisotopic (exact) mass is 316 g/mol. The number of piperidine rings is 2. The predicted octanol–water partition coefficient (Wildman–Crippen LogP) is 2.25. The van der Waals surface area contributed by atoms with Gasteiger partial charge in [0.15, 0.2) is 0 Å². The Hall–Kier alpha value is -1.88. The summed E-state index contributed by atoms with van der Waals surface area (Å²) >= 11 is 0. The Morgan fingerprint density at radius 3 is 2.35 bits per heavy atom. The molecule has 5 nitrogen and oxygen atoms in total. The molecule has 124 valence electrons. The van der Waals surface area contributed by atoms with Gasteiger partial charge in [0.25, 0.3) is 0 Å². The summed E-state index contributed by atoms with van der Waals surface area (Å²) in [5.74, 6) is 0.219. The molecule has 2 saturated heterocycles. The summed E-state index contributed by atoms with van der Waals surface area (Å²) in [4.78, 5) is 27.8. The third-order valence-corrected chi connectivity index (χ3v) is 4.94. The fourth-order valence-corrected chi connectivity index (χ4v) is 3.48. The number of amides is 2. The first-order valence-corrected chi connectivity index (χ1v) is 8.42. The maximum absolute atomic E-state index is 12.1. The van der Waals surface area contributed by atoms with Crippen molar-refractivity contribution in [2.75, 3.05) is 29.5 Å². The third-order valence-electron chi connectivity index (χ3n) is 4.94. The van der Waals surface area contributed by atoms with Crippen LogP contribution in [-0.2, 0) is 9.59 Å². The number of carbonyl (C=O) groups is 2. The standard InChI is InChI=1S/C18H24N2O3/c1-13-11-15(19-9-7-14(12-21)8-10-19)5-6-16(13)20-17(22)3-2-4-18(20)23/h5-6,11,14,21H,2-4,7-10,12H2,1H3. The number of benzene rings is 1. The minimum atomic E-state index is -0.0964. The topological polar surface area (TPSA) is 60.9 Å². The lowest BCUT2D eigenvalue weighted by Gasteiger charge is -2.34. The van der Waals surface area contributed by atoms with E-state index in [1.54, 1.807) is 0 Å². The molecule has 0 bridgehead atoms. The highest BCUT2D eigenvalue weighted by atomic mass is 16.3. The van der Waals surface area contributed by atoms with Crippen LogP contribution in [0.2, 0.25) is 0 Å². The average molecular weight is 316 g/mol. The van der Waals surface area contributed by atoms with Crippen molar-refractivity contribution in [2.24, 2.45) is 5.92 Å². The molecular weight excluding hydrogens is 292 g/mol. The van der Waals surface area contributed by atoms with Crippen molar-refractivity contribution in [1.29, 1.82) is 0 Å². The number of aryl methyl sites for hydroxylation is 1. The van der Waals surface area contributed by atoms with Gasteiger partial charge in [0.2, 0.25) is 11.8 Å². The molecule has 1 N–H and O–H groups in total. The van der Waals surface area contributed by atoms with E-state index in [4.69, 9.17) is 0 Å². The van der Waals surface area contributed by atoms with Gasteiger partial charge >= 0.3 is 0 Å². The van der Waals surface area contributed by atoms with E-state index >= 15 is 0 Å². The molecule has 0 aliphatic carbocycles. The quantitative estimate of drug-likeness (QED) is 0.869. The lowest BCUT2D eigenvalue weighted by Crippen LogP contribution is -2.40. The Morgan fingerprint density at radius 2 is 1.78 bits per heavy atom. The van der Waals surface area contributed by atoms with Crippen LogP contribution >= 0.6 is 0 Å². The van der Waals surface area contributed by atoms with Crippen LogP contribution in [0.1, 0.15) is 37.7 Å². The van der Waals surface area contributed by atoms with E-state index in [0.29, 0.717) is 30.9 Å². The van der Waals surface area contributed by atoms with Crippen molar-refractivity contribution < 1.29 is 14.7 Å². The number of aliphatic hydroxyl groups is 1. The zero-order valence-electron chi connectivity index (χ0n) is 13.6. The molecule has 23 heavy (non-hydrogen) atoms. The van der Waals surface area contributed by atoms with E-state index < -0.39 is 0 Å². The van der Waals surface area contributed by atoms with E-state index in [2.05, 4.69) is 11.0 Å². The van der Waals surface area contributed by atoms with Gasteiger partial charge in [-0.15, -0.1) is 0 Å². The molecule has 2 aliphatic rings. The normalized spacial score (nSPS) is 20.3. The van der Waals surface area contributed by atoms with E-state index in [1.807, 2.05) is 19.1 Å². The highest BCUT2D eigenvalue weighted by Gasteiger charge is 2.28. The van der Waals surface area contributed by atoms with Crippen molar-refractivity contribution >= 4 is 23.2 Å². The lowest BCUT2D eigenvalue weighted by molar-refractivity contribution is -0.129. The average Bonchev–Trinajstić information content (AvgIpc) is 2.56. The summed E-state index contributed by atoms with van der Waals surface area (Å²) in [6.45, 7) is 4.09. The Balaban J connectivity index is 1.78. The van der Waals surface area contributed by atoms with Crippen LogP contribution in [0.4, 0.5) is 11.4 Å². The highest BCUT2D eigenvalue weighted by molar-refractivity contribution is 6.16. The number of anilines is 2. The molecule has 2 aliphatic heterocycles. The molecule has 0 radical (unpaired) electrons. The molecule has 0 unspecified atom stereocenters. The maximum atomic E-state index is 12.1.